The Kier molecular flexibility index (Phi) is 22.4. The molecule has 1 aliphatic rings. The van der Waals surface area contributed by atoms with E-state index in [1.807, 2.05) is 0 Å². The van der Waals surface area contributed by atoms with Crippen LogP contribution in [0.1, 0.15) is 141 Å². The van der Waals surface area contributed by atoms with Crippen molar-refractivity contribution in [1.82, 2.24) is 0 Å². The Morgan fingerprint density at radius 2 is 0.927 bits per heavy atom. The summed E-state index contributed by atoms with van der Waals surface area (Å²) in [5, 5.41) is 0. The van der Waals surface area contributed by atoms with Gasteiger partial charge >= 0.3 is 16.5 Å². The van der Waals surface area contributed by atoms with Gasteiger partial charge in [0.1, 0.15) is 0 Å². The van der Waals surface area contributed by atoms with E-state index in [0.717, 1.165) is 61.0 Å². The Bertz CT molecular complexity index is 1060. The summed E-state index contributed by atoms with van der Waals surface area (Å²) in [7, 11) is 0. The van der Waals surface area contributed by atoms with Gasteiger partial charge in [0, 0.05) is 22.3 Å². The molecule has 0 amide bonds. The van der Waals surface area contributed by atoms with E-state index in [0.29, 0.717) is 0 Å². The van der Waals surface area contributed by atoms with Crippen molar-refractivity contribution in [2.24, 2.45) is 0 Å². The van der Waals surface area contributed by atoms with Gasteiger partial charge in [0.05, 0.1) is 0 Å². The summed E-state index contributed by atoms with van der Waals surface area (Å²) in [5.74, 6) is 0. The van der Waals surface area contributed by atoms with Crippen LogP contribution in [-0.4, -0.2) is 4.70 Å². The minimum atomic E-state index is 0. The largest absolute Gasteiger partial charge is 2.00 e. The Balaban J connectivity index is 0.00000306. The molecule has 3 rings (SSSR count). The monoisotopic (exact) mass is 600 g/mol. The molecule has 230 valence electrons. The molecule has 0 spiro atoms. The minimum absolute atomic E-state index is 0. The number of benzene rings is 2. The van der Waals surface area contributed by atoms with Crippen LogP contribution >= 0.6 is 0 Å². The molecule has 41 heavy (non-hydrogen) atoms. The molecule has 1 aliphatic heterocycles. The molecule has 0 saturated carbocycles. The van der Waals surface area contributed by atoms with Crippen LogP contribution in [-0.2, 0) is 29.3 Å². The molecule has 0 N–H and O–H groups in total. The molecule has 1 heterocycles. The Hall–Kier alpha value is -1.99. The van der Waals surface area contributed by atoms with Crippen LogP contribution in [0.15, 0.2) is 59.7 Å². The number of hydrogen-bond donors (Lipinski definition) is 0. The van der Waals surface area contributed by atoms with E-state index in [1.54, 1.807) is 18.5 Å². The SMILES string of the molecule is CCCCCCC1=C(c2cccc(CCCC)c2)[N+](=[N-])C(c2cccc(CCCC)c2)=C1CCCC.[CH2-]C.[CH2-]C.[Ni+2]. The second-order valence-corrected chi connectivity index (χ2v) is 10.5. The Morgan fingerprint density at radius 3 is 1.34 bits per heavy atom. The zero-order valence-electron chi connectivity index (χ0n) is 27.1. The molecule has 0 radical (unpaired) electrons. The van der Waals surface area contributed by atoms with Gasteiger partial charge in [0.15, 0.2) is 0 Å². The van der Waals surface area contributed by atoms with Crippen molar-refractivity contribution in [1.29, 1.82) is 0 Å². The fourth-order valence-corrected chi connectivity index (χ4v) is 5.38. The van der Waals surface area contributed by atoms with Gasteiger partial charge in [-0.1, -0.05) is 90.5 Å². The fraction of sp³-hybridized carbons (Fsp3) is 0.526. The summed E-state index contributed by atoms with van der Waals surface area (Å²) in [6.07, 6.45) is 16.3. The van der Waals surface area contributed by atoms with Gasteiger partial charge in [-0.15, -0.1) is 0 Å². The number of unbranched alkanes of at least 4 members (excludes halogenated alkanes) is 6. The number of aryl methyl sites for hydroxylation is 2. The predicted molar refractivity (Wildman–Crippen MR) is 178 cm³/mol. The van der Waals surface area contributed by atoms with Gasteiger partial charge in [-0.05, 0) is 86.8 Å². The molecule has 3 heteroatoms. The van der Waals surface area contributed by atoms with Crippen LogP contribution in [0.2, 0.25) is 0 Å². The molecule has 2 aromatic carbocycles. The summed E-state index contributed by atoms with van der Waals surface area (Å²) in [6, 6.07) is 17.8. The summed E-state index contributed by atoms with van der Waals surface area (Å²) < 4.78 is 1.55. The van der Waals surface area contributed by atoms with Crippen LogP contribution in [0.3, 0.4) is 0 Å². The first-order chi connectivity index (χ1) is 19.6. The summed E-state index contributed by atoms with van der Waals surface area (Å²) in [5.41, 5.74) is 21.6. The van der Waals surface area contributed by atoms with Crippen molar-refractivity contribution in [2.75, 3.05) is 0 Å². The molecule has 0 aliphatic carbocycles. The van der Waals surface area contributed by atoms with Crippen molar-refractivity contribution in [3.8, 4) is 0 Å². The van der Waals surface area contributed by atoms with Crippen molar-refractivity contribution < 1.29 is 21.2 Å². The molecule has 0 fully saturated rings. The van der Waals surface area contributed by atoms with Gasteiger partial charge in [0.25, 0.3) is 0 Å². The second kappa shape index (κ2) is 23.6. The van der Waals surface area contributed by atoms with Crippen LogP contribution < -0.4 is 0 Å². The first-order valence-electron chi connectivity index (χ1n) is 16.2. The first kappa shape index (κ1) is 39.0. The van der Waals surface area contributed by atoms with Crippen LogP contribution in [0, 0.1) is 13.8 Å². The molecule has 2 aromatic rings. The van der Waals surface area contributed by atoms with E-state index in [4.69, 9.17) is 0 Å². The van der Waals surface area contributed by atoms with E-state index in [-0.39, 0.29) is 16.5 Å². The molecule has 0 saturated heterocycles. The van der Waals surface area contributed by atoms with Crippen LogP contribution in [0.4, 0.5) is 0 Å². The number of hydrogen-bond acceptors (Lipinski definition) is 0. The van der Waals surface area contributed by atoms with Crippen LogP contribution in [0.5, 0.6) is 0 Å². The number of allylic oxidation sites excluding steroid dienone is 2. The smallest absolute Gasteiger partial charge is 0.493 e. The van der Waals surface area contributed by atoms with E-state index in [9.17, 15) is 5.53 Å². The summed E-state index contributed by atoms with van der Waals surface area (Å²) >= 11 is 0. The molecular formula is C38H58N2Ni. The standard InChI is InChI=1S/C34H48N2.2C2H5.Ni/c1-5-9-13-14-24-32-31(23-12-8-4)33(29-21-15-19-27(25-29)17-10-6-2)36(35)34(32)30-22-16-20-28(26-30)18-11-7-3;2*1-2;/h15-16,19-22,25-26H,5-14,17-18,23-24H2,1-4H3;2*1H2,2H3;/q;2*-1;+2. The summed E-state index contributed by atoms with van der Waals surface area (Å²) in [6.45, 7) is 19.0. The first-order valence-corrected chi connectivity index (χ1v) is 16.2. The number of nitrogens with zero attached hydrogens (tertiary/aromatic N) is 2. The zero-order valence-corrected chi connectivity index (χ0v) is 28.1. The predicted octanol–water partition coefficient (Wildman–Crippen LogP) is 12.4. The van der Waals surface area contributed by atoms with Gasteiger partial charge < -0.3 is 19.4 Å². The number of rotatable bonds is 16. The average Bonchev–Trinajstić information content (AvgIpc) is 3.28. The van der Waals surface area contributed by atoms with E-state index in [2.05, 4.69) is 90.1 Å². The molecule has 0 bridgehead atoms. The van der Waals surface area contributed by atoms with Gasteiger partial charge in [0.2, 0.25) is 11.4 Å². The normalized spacial score (nSPS) is 12.4. The van der Waals surface area contributed by atoms with Crippen molar-refractivity contribution in [3.63, 3.8) is 0 Å². The Labute approximate surface area is 264 Å². The third kappa shape index (κ3) is 12.0. The second-order valence-electron chi connectivity index (χ2n) is 10.5. The minimum Gasteiger partial charge on any atom is -0.493 e. The Morgan fingerprint density at radius 1 is 0.537 bits per heavy atom. The van der Waals surface area contributed by atoms with E-state index in [1.165, 1.54) is 73.6 Å². The van der Waals surface area contributed by atoms with E-state index < -0.39 is 0 Å². The van der Waals surface area contributed by atoms with E-state index >= 15 is 0 Å². The topological polar surface area (TPSA) is 25.3 Å². The van der Waals surface area contributed by atoms with Crippen molar-refractivity contribution in [3.05, 3.63) is 101 Å². The summed E-state index contributed by atoms with van der Waals surface area (Å²) in [4.78, 5) is 0. The maximum atomic E-state index is 11.8. The zero-order chi connectivity index (χ0) is 29.8. The third-order valence-corrected chi connectivity index (χ3v) is 7.46. The fourth-order valence-electron chi connectivity index (χ4n) is 5.38. The molecule has 0 aromatic heterocycles. The average molecular weight is 602 g/mol. The quantitative estimate of drug-likeness (QED) is 0.0792. The maximum absolute atomic E-state index is 11.8. The van der Waals surface area contributed by atoms with Gasteiger partial charge in [-0.3, -0.25) is 0 Å². The molecule has 0 atom stereocenters. The molecule has 2 nitrogen and oxygen atoms in total. The third-order valence-electron chi connectivity index (χ3n) is 7.46. The van der Waals surface area contributed by atoms with Crippen molar-refractivity contribution >= 4 is 11.4 Å². The molecular weight excluding hydrogens is 543 g/mol. The maximum Gasteiger partial charge on any atom is 2.00 e. The molecule has 0 unspecified atom stereocenters. The van der Waals surface area contributed by atoms with Crippen LogP contribution in [0.25, 0.3) is 16.9 Å². The van der Waals surface area contributed by atoms with Gasteiger partial charge in [-0.2, -0.15) is 13.8 Å². The van der Waals surface area contributed by atoms with Crippen molar-refractivity contribution in [2.45, 2.75) is 131 Å². The van der Waals surface area contributed by atoms with Gasteiger partial charge in [-0.25, -0.2) is 4.70 Å².